The third kappa shape index (κ3) is 2.38. The summed E-state index contributed by atoms with van der Waals surface area (Å²) in [4.78, 5) is 28.3. The van der Waals surface area contributed by atoms with E-state index in [-0.39, 0.29) is 17.6 Å². The molecule has 2 rings (SSSR count). The fourth-order valence-electron chi connectivity index (χ4n) is 2.06. The Labute approximate surface area is 97.1 Å². The fraction of sp³-hybridized carbons (Fsp3) is 0.500. The molecule has 0 radical (unpaired) electrons. The van der Waals surface area contributed by atoms with Crippen molar-refractivity contribution in [3.63, 3.8) is 0 Å². The van der Waals surface area contributed by atoms with E-state index in [1.165, 1.54) is 6.33 Å². The van der Waals surface area contributed by atoms with Crippen LogP contribution in [-0.2, 0) is 4.79 Å². The highest BCUT2D eigenvalue weighted by atomic mass is 16.4. The van der Waals surface area contributed by atoms with Gasteiger partial charge in [0.2, 0.25) is 0 Å². The van der Waals surface area contributed by atoms with Crippen LogP contribution in [0.15, 0.2) is 11.1 Å². The first-order chi connectivity index (χ1) is 8.08. The summed E-state index contributed by atoms with van der Waals surface area (Å²) < 4.78 is 0. The Morgan fingerprint density at radius 3 is 3.00 bits per heavy atom. The number of aromatic nitrogens is 2. The summed E-state index contributed by atoms with van der Waals surface area (Å²) >= 11 is 0. The molecule has 0 amide bonds. The van der Waals surface area contributed by atoms with Crippen LogP contribution in [0.2, 0.25) is 0 Å². The van der Waals surface area contributed by atoms with Gasteiger partial charge in [-0.1, -0.05) is 0 Å². The van der Waals surface area contributed by atoms with Crippen LogP contribution < -0.4 is 16.6 Å². The molecule has 1 aromatic rings. The van der Waals surface area contributed by atoms with Gasteiger partial charge in [-0.2, -0.15) is 0 Å². The third-order valence-electron chi connectivity index (χ3n) is 3.01. The van der Waals surface area contributed by atoms with Crippen LogP contribution in [0.3, 0.4) is 0 Å². The Kier molecular flexibility index (Phi) is 2.99. The van der Waals surface area contributed by atoms with Gasteiger partial charge in [-0.05, 0) is 19.3 Å². The molecule has 5 N–H and O–H groups in total. The van der Waals surface area contributed by atoms with Gasteiger partial charge in [-0.15, -0.1) is 0 Å². The van der Waals surface area contributed by atoms with Gasteiger partial charge in [-0.3, -0.25) is 9.59 Å². The average molecular weight is 238 g/mol. The zero-order valence-corrected chi connectivity index (χ0v) is 9.14. The van der Waals surface area contributed by atoms with E-state index in [0.29, 0.717) is 18.7 Å². The van der Waals surface area contributed by atoms with Crippen LogP contribution in [0.4, 0.5) is 11.5 Å². The van der Waals surface area contributed by atoms with Crippen LogP contribution in [0.25, 0.3) is 0 Å². The number of carboxylic acids is 1. The quantitative estimate of drug-likeness (QED) is 0.589. The maximum atomic E-state index is 11.2. The number of aromatic amines is 1. The van der Waals surface area contributed by atoms with Crippen molar-refractivity contribution in [2.24, 2.45) is 5.92 Å². The van der Waals surface area contributed by atoms with Crippen molar-refractivity contribution in [2.75, 3.05) is 11.1 Å². The summed E-state index contributed by atoms with van der Waals surface area (Å²) in [5, 5.41) is 11.9. The monoisotopic (exact) mass is 238 g/mol. The maximum Gasteiger partial charge on any atom is 0.306 e. The van der Waals surface area contributed by atoms with Crippen LogP contribution in [-0.4, -0.2) is 27.1 Å². The molecule has 2 atom stereocenters. The lowest BCUT2D eigenvalue weighted by atomic mass is 10.1. The topological polar surface area (TPSA) is 121 Å². The van der Waals surface area contributed by atoms with Gasteiger partial charge in [0.25, 0.3) is 5.56 Å². The third-order valence-corrected chi connectivity index (χ3v) is 3.01. The van der Waals surface area contributed by atoms with E-state index in [4.69, 9.17) is 10.8 Å². The Balaban J connectivity index is 2.05. The summed E-state index contributed by atoms with van der Waals surface area (Å²) in [6.07, 6.45) is 3.18. The van der Waals surface area contributed by atoms with Gasteiger partial charge in [0.1, 0.15) is 5.69 Å². The van der Waals surface area contributed by atoms with Crippen LogP contribution in [0, 0.1) is 5.92 Å². The normalized spacial score (nSPS) is 23.5. The minimum absolute atomic E-state index is 0.00713. The number of nitrogens with one attached hydrogen (secondary N) is 2. The molecule has 7 nitrogen and oxygen atoms in total. The zero-order chi connectivity index (χ0) is 12.4. The van der Waals surface area contributed by atoms with E-state index in [2.05, 4.69) is 15.3 Å². The van der Waals surface area contributed by atoms with E-state index < -0.39 is 11.5 Å². The van der Waals surface area contributed by atoms with Gasteiger partial charge in [0.05, 0.1) is 12.2 Å². The number of rotatable bonds is 3. The summed E-state index contributed by atoms with van der Waals surface area (Å²) in [5.41, 5.74) is 5.21. The van der Waals surface area contributed by atoms with E-state index >= 15 is 0 Å². The SMILES string of the molecule is Nc1c(N[C@H]2CC[C@@H](C(=O)O)C2)nc[nH]c1=O. The van der Waals surface area contributed by atoms with E-state index in [9.17, 15) is 9.59 Å². The van der Waals surface area contributed by atoms with Crippen LogP contribution in [0.1, 0.15) is 19.3 Å². The summed E-state index contributed by atoms with van der Waals surface area (Å²) in [5.74, 6) is -0.776. The molecule has 1 heterocycles. The maximum absolute atomic E-state index is 11.2. The Hall–Kier alpha value is -2.05. The Morgan fingerprint density at radius 1 is 1.59 bits per heavy atom. The van der Waals surface area contributed by atoms with E-state index in [0.717, 1.165) is 6.42 Å². The standard InChI is InChI=1S/C10H14N4O3/c11-7-8(12-4-13-9(7)15)14-6-2-1-5(3-6)10(16)17/h4-6H,1-3,11H2,(H,16,17)(H2,12,13,14,15)/t5-,6+/m1/s1. The molecule has 7 heteroatoms. The van der Waals surface area contributed by atoms with Gasteiger partial charge in [0.15, 0.2) is 5.82 Å². The summed E-state index contributed by atoms with van der Waals surface area (Å²) in [6.45, 7) is 0. The van der Waals surface area contributed by atoms with Crippen molar-refractivity contribution in [2.45, 2.75) is 25.3 Å². The lowest BCUT2D eigenvalue weighted by Crippen LogP contribution is -2.22. The minimum Gasteiger partial charge on any atom is -0.481 e. The van der Waals surface area contributed by atoms with Crippen LogP contribution in [0.5, 0.6) is 0 Å². The van der Waals surface area contributed by atoms with Gasteiger partial charge in [-0.25, -0.2) is 4.98 Å². The molecule has 0 bridgehead atoms. The van der Waals surface area contributed by atoms with Crippen molar-refractivity contribution >= 4 is 17.5 Å². The number of H-pyrrole nitrogens is 1. The average Bonchev–Trinajstić information content (AvgIpc) is 2.73. The predicted molar refractivity (Wildman–Crippen MR) is 61.7 cm³/mol. The van der Waals surface area contributed by atoms with Crippen molar-refractivity contribution in [1.82, 2.24) is 9.97 Å². The number of anilines is 2. The molecule has 1 aliphatic rings. The first kappa shape index (κ1) is 11.4. The molecule has 1 fully saturated rings. The number of carboxylic acid groups (broad SMARTS) is 1. The number of aliphatic carboxylic acids is 1. The minimum atomic E-state index is -0.777. The highest BCUT2D eigenvalue weighted by Gasteiger charge is 2.30. The molecule has 17 heavy (non-hydrogen) atoms. The molecule has 1 aromatic heterocycles. The first-order valence-corrected chi connectivity index (χ1v) is 5.40. The fourth-order valence-corrected chi connectivity index (χ4v) is 2.06. The first-order valence-electron chi connectivity index (χ1n) is 5.40. The smallest absolute Gasteiger partial charge is 0.306 e. The second-order valence-electron chi connectivity index (χ2n) is 4.18. The molecule has 1 saturated carbocycles. The number of hydrogen-bond acceptors (Lipinski definition) is 5. The molecular formula is C10H14N4O3. The Morgan fingerprint density at radius 2 is 2.35 bits per heavy atom. The lowest BCUT2D eigenvalue weighted by molar-refractivity contribution is -0.141. The van der Waals surface area contributed by atoms with Crippen LogP contribution >= 0.6 is 0 Å². The van der Waals surface area contributed by atoms with E-state index in [1.54, 1.807) is 0 Å². The van der Waals surface area contributed by atoms with Crippen molar-refractivity contribution in [3.8, 4) is 0 Å². The summed E-state index contributed by atoms with van der Waals surface area (Å²) in [6, 6.07) is 0.00713. The van der Waals surface area contributed by atoms with E-state index in [1.807, 2.05) is 0 Å². The molecule has 0 spiro atoms. The van der Waals surface area contributed by atoms with Crippen molar-refractivity contribution in [1.29, 1.82) is 0 Å². The number of nitrogens with two attached hydrogens (primary N) is 1. The summed E-state index contributed by atoms with van der Waals surface area (Å²) in [7, 11) is 0. The largest absolute Gasteiger partial charge is 0.481 e. The highest BCUT2D eigenvalue weighted by molar-refractivity contribution is 5.70. The molecule has 1 aliphatic carbocycles. The molecule has 0 aromatic carbocycles. The second-order valence-corrected chi connectivity index (χ2v) is 4.18. The second kappa shape index (κ2) is 4.44. The van der Waals surface area contributed by atoms with Crippen molar-refractivity contribution < 1.29 is 9.90 Å². The molecule has 0 aliphatic heterocycles. The molecule has 92 valence electrons. The zero-order valence-electron chi connectivity index (χ0n) is 9.14. The Bertz CT molecular complexity index is 485. The molecule has 0 unspecified atom stereocenters. The number of nitrogens with zero attached hydrogens (tertiary/aromatic N) is 1. The number of nitrogen functional groups attached to an aromatic ring is 1. The van der Waals surface area contributed by atoms with Gasteiger partial charge < -0.3 is 21.1 Å². The highest BCUT2D eigenvalue weighted by Crippen LogP contribution is 2.28. The van der Waals surface area contributed by atoms with Crippen molar-refractivity contribution in [3.05, 3.63) is 16.7 Å². The van der Waals surface area contributed by atoms with Gasteiger partial charge in [0, 0.05) is 6.04 Å². The van der Waals surface area contributed by atoms with Gasteiger partial charge >= 0.3 is 5.97 Å². The number of carbonyl (C=O) groups is 1. The molecule has 0 saturated heterocycles. The number of hydrogen-bond donors (Lipinski definition) is 4. The molecular weight excluding hydrogens is 224 g/mol. The predicted octanol–water partition coefficient (Wildman–Crippen LogP) is 0.0173. The lowest BCUT2D eigenvalue weighted by Gasteiger charge is -2.13.